The molecular formula is C25H29BrN4O5. The Morgan fingerprint density at radius 3 is 2.40 bits per heavy atom. The van der Waals surface area contributed by atoms with E-state index in [0.29, 0.717) is 12.1 Å². The van der Waals surface area contributed by atoms with Crippen molar-refractivity contribution in [2.45, 2.75) is 44.5 Å². The number of hydrogen-bond donors (Lipinski definition) is 4. The number of rotatable bonds is 9. The van der Waals surface area contributed by atoms with Crippen LogP contribution in [-0.4, -0.2) is 48.4 Å². The Hall–Kier alpha value is -3.24. The van der Waals surface area contributed by atoms with Crippen molar-refractivity contribution in [1.29, 1.82) is 0 Å². The molecule has 0 saturated carbocycles. The van der Waals surface area contributed by atoms with Gasteiger partial charge in [-0.15, -0.1) is 0 Å². The van der Waals surface area contributed by atoms with Crippen LogP contribution in [0.15, 0.2) is 59.1 Å². The van der Waals surface area contributed by atoms with Crippen LogP contribution in [0.2, 0.25) is 0 Å². The van der Waals surface area contributed by atoms with Gasteiger partial charge in [-0.05, 0) is 30.2 Å². The van der Waals surface area contributed by atoms with Gasteiger partial charge in [0.05, 0.1) is 13.2 Å². The van der Waals surface area contributed by atoms with Crippen LogP contribution in [-0.2, 0) is 30.5 Å². The number of amides is 4. The van der Waals surface area contributed by atoms with Crippen molar-refractivity contribution in [2.75, 3.05) is 13.2 Å². The molecule has 3 atom stereocenters. The molecule has 4 amide bonds. The summed E-state index contributed by atoms with van der Waals surface area (Å²) >= 11 is 3.39. The van der Waals surface area contributed by atoms with Crippen LogP contribution in [0, 0.1) is 0 Å². The number of carbonyl (C=O) groups excluding carboxylic acids is 4. The number of hydrogen-bond acceptors (Lipinski definition) is 5. The molecule has 2 aromatic rings. The molecular weight excluding hydrogens is 516 g/mol. The summed E-state index contributed by atoms with van der Waals surface area (Å²) in [4.78, 5) is 50.2. The lowest BCUT2D eigenvalue weighted by Crippen LogP contribution is -2.63. The molecule has 0 bridgehead atoms. The predicted octanol–water partition coefficient (Wildman–Crippen LogP) is 1.72. The highest BCUT2D eigenvalue weighted by Gasteiger charge is 2.52. The summed E-state index contributed by atoms with van der Waals surface area (Å²) in [6.45, 7) is 3.14. The first-order valence-electron chi connectivity index (χ1n) is 11.3. The minimum absolute atomic E-state index is 0.198. The van der Waals surface area contributed by atoms with Crippen molar-refractivity contribution >= 4 is 39.6 Å². The molecule has 1 heterocycles. The van der Waals surface area contributed by atoms with Crippen LogP contribution >= 0.6 is 15.9 Å². The molecule has 0 radical (unpaired) electrons. The summed E-state index contributed by atoms with van der Waals surface area (Å²) in [6.07, 6.45) is -0.583. The molecule has 1 aliphatic rings. The molecule has 35 heavy (non-hydrogen) atoms. The highest BCUT2D eigenvalue weighted by Crippen LogP contribution is 2.39. The second-order valence-electron chi connectivity index (χ2n) is 8.38. The number of halogens is 1. The third kappa shape index (κ3) is 6.89. The van der Waals surface area contributed by atoms with Gasteiger partial charge in [-0.2, -0.15) is 0 Å². The van der Waals surface area contributed by atoms with Gasteiger partial charge < -0.3 is 26.0 Å². The zero-order valence-electron chi connectivity index (χ0n) is 19.6. The summed E-state index contributed by atoms with van der Waals surface area (Å²) in [6, 6.07) is 15.8. The molecule has 3 rings (SSSR count). The molecule has 1 aliphatic heterocycles. The topological polar surface area (TPSA) is 126 Å². The minimum Gasteiger partial charge on any atom is -0.370 e. The second kappa shape index (κ2) is 11.9. The zero-order valence-corrected chi connectivity index (χ0v) is 21.2. The maximum atomic E-state index is 13.6. The van der Waals surface area contributed by atoms with E-state index >= 15 is 0 Å². The van der Waals surface area contributed by atoms with E-state index in [1.54, 1.807) is 19.1 Å². The zero-order chi connectivity index (χ0) is 25.4. The van der Waals surface area contributed by atoms with Crippen molar-refractivity contribution in [2.24, 2.45) is 0 Å². The van der Waals surface area contributed by atoms with Gasteiger partial charge in [0, 0.05) is 24.4 Å². The third-order valence-corrected chi connectivity index (χ3v) is 6.25. The Bertz CT molecular complexity index is 1060. The van der Waals surface area contributed by atoms with Crippen LogP contribution in [0.3, 0.4) is 0 Å². The molecule has 0 aliphatic carbocycles. The molecule has 4 N–H and O–H groups in total. The highest BCUT2D eigenvalue weighted by atomic mass is 79.9. The molecule has 186 valence electrons. The predicted molar refractivity (Wildman–Crippen MR) is 133 cm³/mol. The Kier molecular flexibility index (Phi) is 9.00. The molecule has 0 spiro atoms. The van der Waals surface area contributed by atoms with E-state index in [0.717, 1.165) is 10.0 Å². The van der Waals surface area contributed by atoms with E-state index in [-0.39, 0.29) is 31.4 Å². The average molecular weight is 545 g/mol. The Morgan fingerprint density at radius 1 is 1.06 bits per heavy atom. The van der Waals surface area contributed by atoms with Crippen LogP contribution in [0.4, 0.5) is 0 Å². The fourth-order valence-corrected chi connectivity index (χ4v) is 4.14. The van der Waals surface area contributed by atoms with Gasteiger partial charge in [0.15, 0.2) is 5.54 Å². The van der Waals surface area contributed by atoms with Crippen molar-refractivity contribution in [1.82, 2.24) is 21.3 Å². The first-order valence-corrected chi connectivity index (χ1v) is 12.1. The van der Waals surface area contributed by atoms with Crippen LogP contribution in [0.1, 0.15) is 37.5 Å². The van der Waals surface area contributed by atoms with Gasteiger partial charge in [-0.25, -0.2) is 0 Å². The number of ether oxygens (including phenoxy) is 1. The molecule has 10 heteroatoms. The summed E-state index contributed by atoms with van der Waals surface area (Å²) in [5.41, 5.74) is 0.166. The van der Waals surface area contributed by atoms with E-state index < -0.39 is 29.5 Å². The fraction of sp³-hybridized carbons (Fsp3) is 0.360. The third-order valence-electron chi connectivity index (χ3n) is 5.72. The SMILES string of the molecule is CC(=O)NCC(=O)N[C@]1(C(=O)N[C@H](C)C(=O)NCc2ccccc2)CCO[C@H]1c1ccc(Br)cc1. The normalized spacial score (nSPS) is 19.9. The van der Waals surface area contributed by atoms with Gasteiger partial charge in [-0.1, -0.05) is 58.4 Å². The quantitative estimate of drug-likeness (QED) is 0.382. The summed E-state index contributed by atoms with van der Waals surface area (Å²) in [5.74, 6) is -1.80. The number of carbonyl (C=O) groups is 4. The summed E-state index contributed by atoms with van der Waals surface area (Å²) in [5, 5.41) is 10.8. The smallest absolute Gasteiger partial charge is 0.249 e. The van der Waals surface area contributed by atoms with E-state index in [4.69, 9.17) is 4.74 Å². The van der Waals surface area contributed by atoms with E-state index in [9.17, 15) is 19.2 Å². The van der Waals surface area contributed by atoms with Crippen LogP contribution < -0.4 is 21.3 Å². The summed E-state index contributed by atoms with van der Waals surface area (Å²) < 4.78 is 6.77. The van der Waals surface area contributed by atoms with Gasteiger partial charge >= 0.3 is 0 Å². The second-order valence-corrected chi connectivity index (χ2v) is 9.30. The molecule has 2 aromatic carbocycles. The average Bonchev–Trinajstić information content (AvgIpc) is 3.26. The van der Waals surface area contributed by atoms with Gasteiger partial charge in [0.2, 0.25) is 23.6 Å². The lowest BCUT2D eigenvalue weighted by Gasteiger charge is -2.34. The molecule has 0 unspecified atom stereocenters. The van der Waals surface area contributed by atoms with Crippen molar-refractivity contribution < 1.29 is 23.9 Å². The lowest BCUT2D eigenvalue weighted by atomic mass is 9.85. The van der Waals surface area contributed by atoms with Crippen LogP contribution in [0.5, 0.6) is 0 Å². The largest absolute Gasteiger partial charge is 0.370 e. The monoisotopic (exact) mass is 544 g/mol. The Balaban J connectivity index is 1.77. The maximum Gasteiger partial charge on any atom is 0.249 e. The molecule has 1 fully saturated rings. The first-order chi connectivity index (χ1) is 16.7. The molecule has 0 aromatic heterocycles. The number of nitrogens with one attached hydrogen (secondary N) is 4. The minimum atomic E-state index is -1.46. The maximum absolute atomic E-state index is 13.6. The highest BCUT2D eigenvalue weighted by molar-refractivity contribution is 9.10. The Labute approximate surface area is 212 Å². The first kappa shape index (κ1) is 26.4. The Morgan fingerprint density at radius 2 is 1.74 bits per heavy atom. The lowest BCUT2D eigenvalue weighted by molar-refractivity contribution is -0.138. The molecule has 9 nitrogen and oxygen atoms in total. The standard InChI is InChI=1S/C25H29BrN4O5/c1-16(23(33)28-14-18-6-4-3-5-7-18)29-24(34)25(30-21(32)15-27-17(2)31)12-13-35-22(25)19-8-10-20(26)11-9-19/h3-11,16,22H,12-15H2,1-2H3,(H,27,31)(H,28,33)(H,29,34)(H,30,32)/t16-,22+,25-/m1/s1. The van der Waals surface area contributed by atoms with Crippen LogP contribution in [0.25, 0.3) is 0 Å². The molecule has 1 saturated heterocycles. The van der Waals surface area contributed by atoms with Crippen molar-refractivity contribution in [3.05, 3.63) is 70.2 Å². The summed E-state index contributed by atoms with van der Waals surface area (Å²) in [7, 11) is 0. The fourth-order valence-electron chi connectivity index (χ4n) is 3.87. The van der Waals surface area contributed by atoms with Crippen molar-refractivity contribution in [3.63, 3.8) is 0 Å². The van der Waals surface area contributed by atoms with Gasteiger partial charge in [-0.3, -0.25) is 19.2 Å². The number of benzene rings is 2. The van der Waals surface area contributed by atoms with E-state index in [1.807, 2.05) is 42.5 Å². The van der Waals surface area contributed by atoms with Gasteiger partial charge in [0.25, 0.3) is 0 Å². The van der Waals surface area contributed by atoms with E-state index in [2.05, 4.69) is 37.2 Å². The van der Waals surface area contributed by atoms with E-state index in [1.165, 1.54) is 6.92 Å². The van der Waals surface area contributed by atoms with Gasteiger partial charge in [0.1, 0.15) is 12.1 Å². The van der Waals surface area contributed by atoms with Crippen molar-refractivity contribution in [3.8, 4) is 0 Å².